The Kier molecular flexibility index (Phi) is 7.20. The quantitative estimate of drug-likeness (QED) is 0.498. The largest absolute Gasteiger partial charge is 0.343 e. The van der Waals surface area contributed by atoms with Gasteiger partial charge < -0.3 is 5.32 Å². The minimum absolute atomic E-state index is 0.146. The standard InChI is InChI=1S/C20H21ClN4O4S/c21-18-6-2-1-5-16(18)13-23-24-19(26)14-22-20(27)15-7-9-17(10-8-15)30(28,29)25-11-3-4-12-25/h1-2,5-10,13H,3-4,11-12,14H2,(H,22,27)(H,24,26). The molecule has 0 unspecified atom stereocenters. The monoisotopic (exact) mass is 448 g/mol. The maximum Gasteiger partial charge on any atom is 0.259 e. The zero-order chi connectivity index (χ0) is 21.6. The smallest absolute Gasteiger partial charge is 0.259 e. The molecule has 2 N–H and O–H groups in total. The third kappa shape index (κ3) is 5.44. The first-order valence-electron chi connectivity index (χ1n) is 9.33. The Labute approximate surface area is 180 Å². The summed E-state index contributed by atoms with van der Waals surface area (Å²) in [6.45, 7) is 0.740. The molecule has 0 radical (unpaired) electrons. The second kappa shape index (κ2) is 9.84. The van der Waals surface area contributed by atoms with Gasteiger partial charge in [-0.25, -0.2) is 13.8 Å². The van der Waals surface area contributed by atoms with Gasteiger partial charge >= 0.3 is 0 Å². The molecule has 0 aromatic heterocycles. The van der Waals surface area contributed by atoms with E-state index in [1.807, 2.05) is 0 Å². The van der Waals surface area contributed by atoms with Crippen LogP contribution in [0.25, 0.3) is 0 Å². The van der Waals surface area contributed by atoms with E-state index in [-0.39, 0.29) is 17.0 Å². The molecule has 1 aliphatic heterocycles. The molecule has 0 saturated carbocycles. The van der Waals surface area contributed by atoms with E-state index < -0.39 is 21.8 Å². The SMILES string of the molecule is O=C(CNC(=O)c1ccc(S(=O)(=O)N2CCCC2)cc1)NN=Cc1ccccc1Cl. The van der Waals surface area contributed by atoms with Crippen LogP contribution in [0.4, 0.5) is 0 Å². The molecule has 2 aromatic carbocycles. The summed E-state index contributed by atoms with van der Waals surface area (Å²) in [6.07, 6.45) is 3.11. The predicted molar refractivity (Wildman–Crippen MR) is 114 cm³/mol. The number of halogens is 1. The molecular formula is C20H21ClN4O4S. The number of nitrogens with zero attached hydrogens (tertiary/aromatic N) is 2. The Bertz CT molecular complexity index is 1050. The van der Waals surface area contributed by atoms with Crippen molar-refractivity contribution in [2.75, 3.05) is 19.6 Å². The fraction of sp³-hybridized carbons (Fsp3) is 0.250. The van der Waals surface area contributed by atoms with Gasteiger partial charge in [-0.1, -0.05) is 29.8 Å². The van der Waals surface area contributed by atoms with E-state index in [4.69, 9.17) is 11.6 Å². The number of sulfonamides is 1. The van der Waals surface area contributed by atoms with Gasteiger partial charge in [0.05, 0.1) is 17.7 Å². The molecule has 0 spiro atoms. The Hall–Kier alpha value is -2.75. The molecular weight excluding hydrogens is 428 g/mol. The number of hydrogen-bond acceptors (Lipinski definition) is 5. The molecule has 1 aliphatic rings. The molecule has 0 aliphatic carbocycles. The van der Waals surface area contributed by atoms with Gasteiger partial charge in [0.2, 0.25) is 10.0 Å². The van der Waals surface area contributed by atoms with Crippen molar-refractivity contribution in [2.24, 2.45) is 5.10 Å². The van der Waals surface area contributed by atoms with Crippen molar-refractivity contribution in [1.82, 2.24) is 15.0 Å². The van der Waals surface area contributed by atoms with Gasteiger partial charge in [0.15, 0.2) is 0 Å². The average Bonchev–Trinajstić information content (AvgIpc) is 3.29. The topological polar surface area (TPSA) is 108 Å². The van der Waals surface area contributed by atoms with Crippen LogP contribution in [0.15, 0.2) is 58.5 Å². The van der Waals surface area contributed by atoms with Crippen molar-refractivity contribution < 1.29 is 18.0 Å². The van der Waals surface area contributed by atoms with Crippen LogP contribution in [-0.2, 0) is 14.8 Å². The van der Waals surface area contributed by atoms with E-state index in [0.29, 0.717) is 23.7 Å². The summed E-state index contributed by atoms with van der Waals surface area (Å²) in [6, 6.07) is 12.7. The molecule has 2 aromatic rings. The number of rotatable bonds is 7. The van der Waals surface area contributed by atoms with Crippen LogP contribution in [0.1, 0.15) is 28.8 Å². The van der Waals surface area contributed by atoms with E-state index in [1.54, 1.807) is 24.3 Å². The molecule has 30 heavy (non-hydrogen) atoms. The lowest BCUT2D eigenvalue weighted by molar-refractivity contribution is -0.120. The summed E-state index contributed by atoms with van der Waals surface area (Å²) < 4.78 is 26.5. The molecule has 3 rings (SSSR count). The van der Waals surface area contributed by atoms with Gasteiger partial charge in [0.1, 0.15) is 0 Å². The molecule has 0 atom stereocenters. The number of carbonyl (C=O) groups excluding carboxylic acids is 2. The average molecular weight is 449 g/mol. The molecule has 8 nitrogen and oxygen atoms in total. The lowest BCUT2D eigenvalue weighted by Gasteiger charge is -2.15. The van der Waals surface area contributed by atoms with E-state index in [2.05, 4.69) is 15.8 Å². The van der Waals surface area contributed by atoms with Crippen LogP contribution in [0.2, 0.25) is 5.02 Å². The highest BCUT2D eigenvalue weighted by atomic mass is 35.5. The van der Waals surface area contributed by atoms with Gasteiger partial charge in [0.25, 0.3) is 11.8 Å². The van der Waals surface area contributed by atoms with Crippen molar-refractivity contribution in [3.63, 3.8) is 0 Å². The minimum Gasteiger partial charge on any atom is -0.343 e. The first-order chi connectivity index (χ1) is 14.4. The summed E-state index contributed by atoms with van der Waals surface area (Å²) in [7, 11) is -3.53. The molecule has 10 heteroatoms. The van der Waals surface area contributed by atoms with Crippen LogP contribution in [-0.4, -0.2) is 50.4 Å². The minimum atomic E-state index is -3.53. The first-order valence-corrected chi connectivity index (χ1v) is 11.1. The third-order valence-corrected chi connectivity index (χ3v) is 6.78. The number of carbonyl (C=O) groups is 2. The lowest BCUT2D eigenvalue weighted by Crippen LogP contribution is -2.35. The highest BCUT2D eigenvalue weighted by molar-refractivity contribution is 7.89. The molecule has 1 fully saturated rings. The zero-order valence-corrected chi connectivity index (χ0v) is 17.6. The Morgan fingerprint density at radius 2 is 1.73 bits per heavy atom. The van der Waals surface area contributed by atoms with E-state index >= 15 is 0 Å². The first kappa shape index (κ1) is 21.9. The predicted octanol–water partition coefficient (Wildman–Crippen LogP) is 2.00. The molecule has 1 saturated heterocycles. The molecule has 1 heterocycles. The number of amides is 2. The summed E-state index contributed by atoms with van der Waals surface area (Å²) in [5, 5.41) is 6.76. The zero-order valence-electron chi connectivity index (χ0n) is 16.0. The lowest BCUT2D eigenvalue weighted by atomic mass is 10.2. The maximum absolute atomic E-state index is 12.5. The van der Waals surface area contributed by atoms with Gasteiger partial charge in [-0.2, -0.15) is 9.41 Å². The van der Waals surface area contributed by atoms with Crippen LogP contribution < -0.4 is 10.7 Å². The van der Waals surface area contributed by atoms with E-state index in [0.717, 1.165) is 12.8 Å². The van der Waals surface area contributed by atoms with E-state index in [1.165, 1.54) is 34.8 Å². The normalized spacial score (nSPS) is 14.7. The number of hydrazone groups is 1. The highest BCUT2D eigenvalue weighted by Crippen LogP contribution is 2.21. The Morgan fingerprint density at radius 3 is 2.40 bits per heavy atom. The van der Waals surface area contributed by atoms with Gasteiger partial charge in [-0.05, 0) is 43.2 Å². The van der Waals surface area contributed by atoms with Crippen molar-refractivity contribution in [3.8, 4) is 0 Å². The Morgan fingerprint density at radius 1 is 1.07 bits per heavy atom. The van der Waals surface area contributed by atoms with Crippen molar-refractivity contribution in [3.05, 3.63) is 64.7 Å². The van der Waals surface area contributed by atoms with Gasteiger partial charge in [-0.15, -0.1) is 0 Å². The van der Waals surface area contributed by atoms with E-state index in [9.17, 15) is 18.0 Å². The summed E-state index contributed by atoms with van der Waals surface area (Å²) in [5.74, 6) is -1.01. The number of benzene rings is 2. The molecule has 0 bridgehead atoms. The fourth-order valence-corrected chi connectivity index (χ4v) is 4.61. The van der Waals surface area contributed by atoms with Gasteiger partial charge in [0, 0.05) is 29.2 Å². The highest BCUT2D eigenvalue weighted by Gasteiger charge is 2.27. The van der Waals surface area contributed by atoms with Crippen LogP contribution in [0.3, 0.4) is 0 Å². The summed E-state index contributed by atoms with van der Waals surface area (Å²) >= 11 is 5.98. The van der Waals surface area contributed by atoms with Crippen LogP contribution in [0, 0.1) is 0 Å². The van der Waals surface area contributed by atoms with Crippen LogP contribution >= 0.6 is 11.6 Å². The van der Waals surface area contributed by atoms with Gasteiger partial charge in [-0.3, -0.25) is 9.59 Å². The number of hydrogen-bond donors (Lipinski definition) is 2. The van der Waals surface area contributed by atoms with Crippen molar-refractivity contribution >= 4 is 39.7 Å². The molecule has 158 valence electrons. The van der Waals surface area contributed by atoms with Crippen LogP contribution in [0.5, 0.6) is 0 Å². The summed E-state index contributed by atoms with van der Waals surface area (Å²) in [4.78, 5) is 24.2. The second-order valence-corrected chi connectivity index (χ2v) is 8.98. The maximum atomic E-state index is 12.5. The fourth-order valence-electron chi connectivity index (χ4n) is 2.91. The third-order valence-electron chi connectivity index (χ3n) is 4.53. The molecule has 2 amide bonds. The van der Waals surface area contributed by atoms with Crippen molar-refractivity contribution in [2.45, 2.75) is 17.7 Å². The van der Waals surface area contributed by atoms with Crippen molar-refractivity contribution in [1.29, 1.82) is 0 Å². The Balaban J connectivity index is 1.51. The second-order valence-electron chi connectivity index (χ2n) is 6.63. The number of nitrogens with one attached hydrogen (secondary N) is 2. The summed E-state index contributed by atoms with van der Waals surface area (Å²) in [5.41, 5.74) is 3.20.